The van der Waals surface area contributed by atoms with Crippen LogP contribution in [0.25, 0.3) is 0 Å². The van der Waals surface area contributed by atoms with E-state index >= 15 is 0 Å². The van der Waals surface area contributed by atoms with Gasteiger partial charge in [-0.15, -0.1) is 11.6 Å². The molecular formula is C13H17Cl2NO. The minimum absolute atomic E-state index is 0.440. The molecule has 1 aromatic carbocycles. The third-order valence-electron chi connectivity index (χ3n) is 2.26. The maximum Gasteiger partial charge on any atom is 0.123 e. The minimum atomic E-state index is 0.440. The number of alkyl halides is 1. The Morgan fingerprint density at radius 3 is 2.82 bits per heavy atom. The number of hydrogen-bond donors (Lipinski definition) is 1. The molecule has 0 amide bonds. The molecule has 1 N–H and O–H groups in total. The lowest BCUT2D eigenvalue weighted by atomic mass is 10.2. The van der Waals surface area contributed by atoms with Crippen molar-refractivity contribution < 1.29 is 4.74 Å². The van der Waals surface area contributed by atoms with Crippen molar-refractivity contribution in [1.29, 1.82) is 0 Å². The molecular weight excluding hydrogens is 257 g/mol. The number of benzene rings is 1. The van der Waals surface area contributed by atoms with Gasteiger partial charge in [0.15, 0.2) is 0 Å². The Kier molecular flexibility index (Phi) is 6.23. The van der Waals surface area contributed by atoms with Gasteiger partial charge in [-0.25, -0.2) is 0 Å². The highest BCUT2D eigenvalue weighted by Gasteiger charge is 2.03. The molecule has 0 aliphatic rings. The summed E-state index contributed by atoms with van der Waals surface area (Å²) in [4.78, 5) is 0. The SMILES string of the molecule is CCOc1ccc(NC/C(C)=C/Cl)cc1CCl. The maximum atomic E-state index is 5.89. The summed E-state index contributed by atoms with van der Waals surface area (Å²) in [6.45, 7) is 5.29. The Morgan fingerprint density at radius 2 is 2.24 bits per heavy atom. The molecule has 1 aromatic rings. The van der Waals surface area contributed by atoms with Gasteiger partial charge in [0.2, 0.25) is 0 Å². The fourth-order valence-corrected chi connectivity index (χ4v) is 1.66. The summed E-state index contributed by atoms with van der Waals surface area (Å²) >= 11 is 11.5. The lowest BCUT2D eigenvalue weighted by Crippen LogP contribution is -2.03. The largest absolute Gasteiger partial charge is 0.494 e. The fraction of sp³-hybridized carbons (Fsp3) is 0.385. The van der Waals surface area contributed by atoms with Crippen molar-refractivity contribution in [2.75, 3.05) is 18.5 Å². The molecule has 0 aromatic heterocycles. The van der Waals surface area contributed by atoms with Gasteiger partial charge >= 0.3 is 0 Å². The van der Waals surface area contributed by atoms with Gasteiger partial charge in [0, 0.05) is 23.3 Å². The second kappa shape index (κ2) is 7.46. The highest BCUT2D eigenvalue weighted by atomic mass is 35.5. The van der Waals surface area contributed by atoms with E-state index in [4.69, 9.17) is 27.9 Å². The molecule has 0 fully saturated rings. The summed E-state index contributed by atoms with van der Waals surface area (Å²) in [5.41, 5.74) is 4.66. The monoisotopic (exact) mass is 273 g/mol. The van der Waals surface area contributed by atoms with Crippen LogP contribution in [-0.2, 0) is 5.88 Å². The van der Waals surface area contributed by atoms with Gasteiger partial charge in [0.1, 0.15) is 5.75 Å². The van der Waals surface area contributed by atoms with Crippen molar-refractivity contribution in [2.24, 2.45) is 0 Å². The zero-order valence-electron chi connectivity index (χ0n) is 10.1. The topological polar surface area (TPSA) is 21.3 Å². The van der Waals surface area contributed by atoms with E-state index in [2.05, 4.69) is 5.32 Å². The lowest BCUT2D eigenvalue weighted by Gasteiger charge is -2.11. The predicted octanol–water partition coefficient (Wildman–Crippen LogP) is 4.38. The number of rotatable bonds is 6. The Balaban J connectivity index is 2.75. The quantitative estimate of drug-likeness (QED) is 0.777. The van der Waals surface area contributed by atoms with Crippen LogP contribution in [0.3, 0.4) is 0 Å². The van der Waals surface area contributed by atoms with E-state index in [-0.39, 0.29) is 0 Å². The molecule has 0 radical (unpaired) electrons. The Bertz CT molecular complexity index is 391. The van der Waals surface area contributed by atoms with Gasteiger partial charge in [0.05, 0.1) is 12.5 Å². The van der Waals surface area contributed by atoms with Gasteiger partial charge in [-0.3, -0.25) is 0 Å². The first-order chi connectivity index (χ1) is 8.21. The van der Waals surface area contributed by atoms with E-state index in [1.165, 1.54) is 0 Å². The average Bonchev–Trinajstić information content (AvgIpc) is 2.37. The smallest absolute Gasteiger partial charge is 0.123 e. The van der Waals surface area contributed by atoms with Crippen LogP contribution in [0.1, 0.15) is 19.4 Å². The van der Waals surface area contributed by atoms with Crippen LogP contribution in [0.4, 0.5) is 5.69 Å². The maximum absolute atomic E-state index is 5.89. The highest BCUT2D eigenvalue weighted by Crippen LogP contribution is 2.24. The van der Waals surface area contributed by atoms with Gasteiger partial charge < -0.3 is 10.1 Å². The van der Waals surface area contributed by atoms with E-state index in [0.717, 1.165) is 29.1 Å². The van der Waals surface area contributed by atoms with Crippen molar-refractivity contribution in [1.82, 2.24) is 0 Å². The molecule has 1 rings (SSSR count). The zero-order valence-corrected chi connectivity index (χ0v) is 11.6. The van der Waals surface area contributed by atoms with Crippen molar-refractivity contribution in [3.05, 3.63) is 34.9 Å². The second-order valence-electron chi connectivity index (χ2n) is 3.70. The number of anilines is 1. The van der Waals surface area contributed by atoms with Gasteiger partial charge in [-0.2, -0.15) is 0 Å². The van der Waals surface area contributed by atoms with E-state index in [9.17, 15) is 0 Å². The van der Waals surface area contributed by atoms with E-state index in [1.807, 2.05) is 32.0 Å². The molecule has 0 bridgehead atoms. The summed E-state index contributed by atoms with van der Waals surface area (Å²) < 4.78 is 5.48. The van der Waals surface area contributed by atoms with E-state index < -0.39 is 0 Å². The molecule has 0 aliphatic heterocycles. The summed E-state index contributed by atoms with van der Waals surface area (Å²) in [5, 5.41) is 3.27. The van der Waals surface area contributed by atoms with Crippen molar-refractivity contribution in [3.8, 4) is 5.75 Å². The number of nitrogens with one attached hydrogen (secondary N) is 1. The molecule has 0 heterocycles. The van der Waals surface area contributed by atoms with Gasteiger partial charge in [-0.1, -0.05) is 11.6 Å². The van der Waals surface area contributed by atoms with Crippen LogP contribution in [0.5, 0.6) is 5.75 Å². The molecule has 94 valence electrons. The number of halogens is 2. The highest BCUT2D eigenvalue weighted by molar-refractivity contribution is 6.25. The first kappa shape index (κ1) is 14.2. The number of hydrogen-bond acceptors (Lipinski definition) is 2. The first-order valence-electron chi connectivity index (χ1n) is 5.52. The van der Waals surface area contributed by atoms with Crippen LogP contribution in [-0.4, -0.2) is 13.2 Å². The molecule has 0 atom stereocenters. The molecule has 0 spiro atoms. The molecule has 0 saturated carbocycles. The van der Waals surface area contributed by atoms with Crippen LogP contribution in [0.2, 0.25) is 0 Å². The zero-order chi connectivity index (χ0) is 12.7. The summed E-state index contributed by atoms with van der Waals surface area (Å²) in [7, 11) is 0. The Labute approximate surface area is 113 Å². The molecule has 17 heavy (non-hydrogen) atoms. The third kappa shape index (κ3) is 4.49. The van der Waals surface area contributed by atoms with Crippen LogP contribution in [0, 0.1) is 0 Å². The van der Waals surface area contributed by atoms with Crippen LogP contribution < -0.4 is 10.1 Å². The van der Waals surface area contributed by atoms with Crippen molar-refractivity contribution in [3.63, 3.8) is 0 Å². The van der Waals surface area contributed by atoms with E-state index in [1.54, 1.807) is 5.54 Å². The second-order valence-corrected chi connectivity index (χ2v) is 4.18. The predicted molar refractivity (Wildman–Crippen MR) is 75.3 cm³/mol. The van der Waals surface area contributed by atoms with Gasteiger partial charge in [0.25, 0.3) is 0 Å². The number of ether oxygens (including phenoxy) is 1. The molecule has 0 saturated heterocycles. The third-order valence-corrected chi connectivity index (χ3v) is 2.92. The lowest BCUT2D eigenvalue weighted by molar-refractivity contribution is 0.337. The molecule has 0 unspecified atom stereocenters. The van der Waals surface area contributed by atoms with Crippen LogP contribution in [0.15, 0.2) is 29.3 Å². The van der Waals surface area contributed by atoms with Crippen LogP contribution >= 0.6 is 23.2 Å². The normalized spacial score (nSPS) is 11.4. The minimum Gasteiger partial charge on any atom is -0.494 e. The first-order valence-corrected chi connectivity index (χ1v) is 6.49. The molecule has 0 aliphatic carbocycles. The summed E-state index contributed by atoms with van der Waals surface area (Å²) in [6, 6.07) is 5.91. The molecule has 4 heteroatoms. The Morgan fingerprint density at radius 1 is 1.47 bits per heavy atom. The summed E-state index contributed by atoms with van der Waals surface area (Å²) in [5.74, 6) is 1.28. The van der Waals surface area contributed by atoms with Crippen molar-refractivity contribution >= 4 is 28.9 Å². The standard InChI is InChI=1S/C13H17Cl2NO/c1-3-17-13-5-4-12(6-11(13)8-15)16-9-10(2)7-14/h4-7,16H,3,8-9H2,1-2H3/b10-7+. The fourth-order valence-electron chi connectivity index (χ4n) is 1.37. The molecule has 2 nitrogen and oxygen atoms in total. The van der Waals surface area contributed by atoms with Gasteiger partial charge in [-0.05, 0) is 37.6 Å². The van der Waals surface area contributed by atoms with E-state index in [0.29, 0.717) is 12.5 Å². The Hall–Kier alpha value is -0.860. The van der Waals surface area contributed by atoms with Crippen molar-refractivity contribution in [2.45, 2.75) is 19.7 Å². The average molecular weight is 274 g/mol. The summed E-state index contributed by atoms with van der Waals surface area (Å²) in [6.07, 6.45) is 0.